The molecule has 0 saturated carbocycles. The lowest BCUT2D eigenvalue weighted by Crippen LogP contribution is -2.25. The maximum atomic E-state index is 12.0. The van der Waals surface area contributed by atoms with Gasteiger partial charge >= 0.3 is 0 Å². The zero-order valence-electron chi connectivity index (χ0n) is 12.6. The highest BCUT2D eigenvalue weighted by Crippen LogP contribution is 2.15. The molecular formula is C14H22N2O4S. The van der Waals surface area contributed by atoms with Crippen molar-refractivity contribution in [3.8, 4) is 0 Å². The molecule has 0 aliphatic rings. The molecule has 1 unspecified atom stereocenters. The predicted molar refractivity (Wildman–Crippen MR) is 80.7 cm³/mol. The normalized spacial score (nSPS) is 13.4. The van der Waals surface area contributed by atoms with Gasteiger partial charge in [-0.3, -0.25) is 4.79 Å². The molecule has 0 saturated heterocycles. The largest absolute Gasteiger partial charge is 0.385 e. The molecular weight excluding hydrogens is 292 g/mol. The molecule has 118 valence electrons. The van der Waals surface area contributed by atoms with Crippen LogP contribution >= 0.6 is 0 Å². The van der Waals surface area contributed by atoms with Crippen molar-refractivity contribution >= 4 is 15.8 Å². The molecule has 1 aromatic carbocycles. The number of hydrogen-bond acceptors (Lipinski definition) is 5. The maximum Gasteiger partial charge on any atom is 0.242 e. The van der Waals surface area contributed by atoms with Gasteiger partial charge < -0.3 is 10.5 Å². The van der Waals surface area contributed by atoms with Crippen LogP contribution in [-0.4, -0.2) is 52.4 Å². The van der Waals surface area contributed by atoms with E-state index in [0.29, 0.717) is 18.6 Å². The van der Waals surface area contributed by atoms with Crippen LogP contribution in [0.25, 0.3) is 0 Å². The first kappa shape index (κ1) is 17.8. The number of ether oxygens (including phenoxy) is 1. The fourth-order valence-electron chi connectivity index (χ4n) is 1.75. The van der Waals surface area contributed by atoms with Gasteiger partial charge in [-0.15, -0.1) is 0 Å². The second-order valence-corrected chi connectivity index (χ2v) is 7.13. The van der Waals surface area contributed by atoms with Gasteiger partial charge in [0.25, 0.3) is 0 Å². The minimum atomic E-state index is -3.47. The summed E-state index contributed by atoms with van der Waals surface area (Å²) in [5.74, 6) is -0.104. The summed E-state index contributed by atoms with van der Waals surface area (Å²) in [6.45, 7) is 0.508. The molecule has 1 aromatic rings. The van der Waals surface area contributed by atoms with Gasteiger partial charge in [-0.2, -0.15) is 0 Å². The molecule has 0 bridgehead atoms. The van der Waals surface area contributed by atoms with Gasteiger partial charge in [-0.25, -0.2) is 12.7 Å². The van der Waals surface area contributed by atoms with Crippen molar-refractivity contribution in [2.24, 2.45) is 5.73 Å². The lowest BCUT2D eigenvalue weighted by molar-refractivity contribution is 0.0967. The average Bonchev–Trinajstić information content (AvgIpc) is 2.45. The van der Waals surface area contributed by atoms with Crippen molar-refractivity contribution in [1.29, 1.82) is 0 Å². The Kier molecular flexibility index (Phi) is 6.47. The van der Waals surface area contributed by atoms with E-state index in [1.54, 1.807) is 7.11 Å². The van der Waals surface area contributed by atoms with Crippen molar-refractivity contribution in [2.45, 2.75) is 23.8 Å². The fraction of sp³-hybridized carbons (Fsp3) is 0.500. The highest BCUT2D eigenvalue weighted by molar-refractivity contribution is 7.89. The molecule has 21 heavy (non-hydrogen) atoms. The third kappa shape index (κ3) is 4.89. The van der Waals surface area contributed by atoms with Crippen LogP contribution in [0.3, 0.4) is 0 Å². The van der Waals surface area contributed by atoms with Crippen molar-refractivity contribution in [1.82, 2.24) is 4.31 Å². The number of hydrogen-bond donors (Lipinski definition) is 1. The van der Waals surface area contributed by atoms with Crippen molar-refractivity contribution in [3.05, 3.63) is 29.8 Å². The third-order valence-electron chi connectivity index (χ3n) is 3.10. The lowest BCUT2D eigenvalue weighted by atomic mass is 10.0. The Morgan fingerprint density at radius 1 is 1.29 bits per heavy atom. The molecule has 0 spiro atoms. The number of nitrogens with zero attached hydrogens (tertiary/aromatic N) is 1. The zero-order chi connectivity index (χ0) is 16.0. The summed E-state index contributed by atoms with van der Waals surface area (Å²) in [4.78, 5) is 12.2. The van der Waals surface area contributed by atoms with Gasteiger partial charge in [-0.1, -0.05) is 12.1 Å². The minimum absolute atomic E-state index is 0.104. The third-order valence-corrected chi connectivity index (χ3v) is 4.92. The van der Waals surface area contributed by atoms with Gasteiger partial charge in [0.05, 0.1) is 4.90 Å². The van der Waals surface area contributed by atoms with E-state index in [9.17, 15) is 13.2 Å². The molecule has 1 rings (SSSR count). The van der Waals surface area contributed by atoms with E-state index < -0.39 is 10.0 Å². The molecule has 7 heteroatoms. The highest BCUT2D eigenvalue weighted by Gasteiger charge is 2.18. The van der Waals surface area contributed by atoms with Crippen molar-refractivity contribution in [3.63, 3.8) is 0 Å². The topological polar surface area (TPSA) is 89.7 Å². The predicted octanol–water partition coefficient (Wildman–Crippen LogP) is 0.874. The Bertz CT molecular complexity index is 567. The van der Waals surface area contributed by atoms with Gasteiger partial charge in [0.15, 0.2) is 5.78 Å². The standard InChI is InChI=1S/C14H22N2O4S/c1-16(2)21(18,19)13-6-4-11(5-7-13)14(17)10-12(15)8-9-20-3/h4-7,12H,8-10,15H2,1-3H3. The molecule has 0 aliphatic carbocycles. The van der Waals surface area contributed by atoms with Crippen LogP contribution < -0.4 is 5.73 Å². The number of benzene rings is 1. The summed E-state index contributed by atoms with van der Waals surface area (Å²) in [7, 11) is 1.03. The van der Waals surface area contributed by atoms with Crippen LogP contribution in [0.4, 0.5) is 0 Å². The first-order chi connectivity index (χ1) is 9.78. The van der Waals surface area contributed by atoms with Gasteiger partial charge in [-0.05, 0) is 18.6 Å². The number of Topliss-reactive ketones (excluding diaryl/α,β-unsaturated/α-hetero) is 1. The van der Waals surface area contributed by atoms with Crippen LogP contribution in [0.5, 0.6) is 0 Å². The Balaban J connectivity index is 2.77. The molecule has 6 nitrogen and oxygen atoms in total. The second kappa shape index (κ2) is 7.65. The number of carbonyl (C=O) groups excluding carboxylic acids is 1. The maximum absolute atomic E-state index is 12.0. The van der Waals surface area contributed by atoms with E-state index in [-0.39, 0.29) is 23.1 Å². The summed E-state index contributed by atoms with van der Waals surface area (Å²) < 4.78 is 29.9. The smallest absolute Gasteiger partial charge is 0.242 e. The number of ketones is 1. The van der Waals surface area contributed by atoms with Crippen molar-refractivity contribution < 1.29 is 17.9 Å². The van der Waals surface area contributed by atoms with E-state index in [0.717, 1.165) is 4.31 Å². The average molecular weight is 314 g/mol. The molecule has 0 heterocycles. The minimum Gasteiger partial charge on any atom is -0.385 e. The van der Waals surface area contributed by atoms with Crippen molar-refractivity contribution in [2.75, 3.05) is 27.8 Å². The summed E-state index contributed by atoms with van der Waals surface area (Å²) in [5, 5.41) is 0. The number of carbonyl (C=O) groups is 1. The molecule has 0 aliphatic heterocycles. The van der Waals surface area contributed by atoms with Crippen LogP contribution in [0.1, 0.15) is 23.2 Å². The van der Waals surface area contributed by atoms with Crippen LogP contribution in [0.15, 0.2) is 29.2 Å². The monoisotopic (exact) mass is 314 g/mol. The Labute approximate surface area is 125 Å². The number of methoxy groups -OCH3 is 1. The second-order valence-electron chi connectivity index (χ2n) is 4.98. The van der Waals surface area contributed by atoms with E-state index in [4.69, 9.17) is 10.5 Å². The first-order valence-electron chi connectivity index (χ1n) is 6.59. The van der Waals surface area contributed by atoms with Gasteiger partial charge in [0, 0.05) is 45.8 Å². The van der Waals surface area contributed by atoms with E-state index in [1.807, 2.05) is 0 Å². The lowest BCUT2D eigenvalue weighted by Gasteiger charge is -2.12. The van der Waals surface area contributed by atoms with E-state index >= 15 is 0 Å². The van der Waals surface area contributed by atoms with Crippen LogP contribution in [0.2, 0.25) is 0 Å². The van der Waals surface area contributed by atoms with Crippen LogP contribution in [0, 0.1) is 0 Å². The Hall–Kier alpha value is -1.28. The fourth-order valence-corrected chi connectivity index (χ4v) is 2.65. The molecule has 2 N–H and O–H groups in total. The summed E-state index contributed by atoms with van der Waals surface area (Å²) >= 11 is 0. The molecule has 0 amide bonds. The number of rotatable bonds is 8. The Morgan fingerprint density at radius 3 is 2.33 bits per heavy atom. The molecule has 1 atom stereocenters. The number of nitrogens with two attached hydrogens (primary N) is 1. The van der Waals surface area contributed by atoms with Gasteiger partial charge in [0.2, 0.25) is 10.0 Å². The highest BCUT2D eigenvalue weighted by atomic mass is 32.2. The summed E-state index contributed by atoms with van der Waals surface area (Å²) in [6.07, 6.45) is 0.818. The quantitative estimate of drug-likeness (QED) is 0.719. The summed E-state index contributed by atoms with van der Waals surface area (Å²) in [6, 6.07) is 5.64. The molecule has 0 fully saturated rings. The molecule has 0 aromatic heterocycles. The number of sulfonamides is 1. The SMILES string of the molecule is COCCC(N)CC(=O)c1ccc(S(=O)(=O)N(C)C)cc1. The first-order valence-corrected chi connectivity index (χ1v) is 8.03. The van der Waals surface area contributed by atoms with E-state index in [1.165, 1.54) is 38.4 Å². The Morgan fingerprint density at radius 2 is 1.86 bits per heavy atom. The van der Waals surface area contributed by atoms with E-state index in [2.05, 4.69) is 0 Å². The summed E-state index contributed by atoms with van der Waals surface area (Å²) in [5.41, 5.74) is 6.29. The van der Waals surface area contributed by atoms with Gasteiger partial charge in [0.1, 0.15) is 0 Å². The van der Waals surface area contributed by atoms with Crippen LogP contribution in [-0.2, 0) is 14.8 Å². The zero-order valence-corrected chi connectivity index (χ0v) is 13.4. The molecule has 0 radical (unpaired) electrons.